The molecule has 0 bridgehead atoms. The number of rotatable bonds is 7. The van der Waals surface area contributed by atoms with Crippen LogP contribution in [0.4, 0.5) is 5.69 Å². The van der Waals surface area contributed by atoms with Gasteiger partial charge in [-0.25, -0.2) is 4.98 Å². The van der Waals surface area contributed by atoms with Crippen LogP contribution in [0.5, 0.6) is 0 Å². The largest absolute Gasteiger partial charge is 0.379 e. The number of ether oxygens (including phenoxy) is 1. The Kier molecular flexibility index (Phi) is 6.99. The van der Waals surface area contributed by atoms with Gasteiger partial charge in [0.05, 0.1) is 36.7 Å². The summed E-state index contributed by atoms with van der Waals surface area (Å²) in [6.07, 6.45) is 1.49. The van der Waals surface area contributed by atoms with E-state index in [1.54, 1.807) is 23.9 Å². The summed E-state index contributed by atoms with van der Waals surface area (Å²) >= 11 is 5.34. The lowest BCUT2D eigenvalue weighted by Crippen LogP contribution is -2.40. The van der Waals surface area contributed by atoms with Gasteiger partial charge in [0.2, 0.25) is 0 Å². The van der Waals surface area contributed by atoms with Crippen molar-refractivity contribution in [3.05, 3.63) is 52.8 Å². The zero-order valence-corrected chi connectivity index (χ0v) is 22.0. The number of aliphatic imine (C=N–C) groups is 1. The second kappa shape index (κ2) is 9.98. The number of aromatic amines is 1. The van der Waals surface area contributed by atoms with Gasteiger partial charge in [-0.15, -0.1) is 0 Å². The summed E-state index contributed by atoms with van der Waals surface area (Å²) < 4.78 is 34.5. The third kappa shape index (κ3) is 4.76. The molecule has 0 amide bonds. The Labute approximate surface area is 212 Å². The van der Waals surface area contributed by atoms with Gasteiger partial charge in [-0.2, -0.15) is 8.42 Å². The average molecular weight is 565 g/mol. The first-order valence-electron chi connectivity index (χ1n) is 11.2. The highest BCUT2D eigenvalue weighted by Gasteiger charge is 2.29. The summed E-state index contributed by atoms with van der Waals surface area (Å²) in [5.74, 6) is 0. The zero-order valence-electron chi connectivity index (χ0n) is 18.8. The molecule has 1 N–H and O–H groups in total. The molecule has 11 heteroatoms. The highest BCUT2D eigenvalue weighted by atomic mass is 79.9. The minimum atomic E-state index is -3.82. The van der Waals surface area contributed by atoms with E-state index in [0.29, 0.717) is 10.9 Å². The molecule has 1 fully saturated rings. The molecule has 1 unspecified atom stereocenters. The molecule has 0 spiro atoms. The van der Waals surface area contributed by atoms with Gasteiger partial charge in [0.1, 0.15) is 5.04 Å². The predicted molar refractivity (Wildman–Crippen MR) is 140 cm³/mol. The van der Waals surface area contributed by atoms with Gasteiger partial charge in [-0.05, 0) is 37.3 Å². The summed E-state index contributed by atoms with van der Waals surface area (Å²) in [5, 5.41) is 2.32. The van der Waals surface area contributed by atoms with Gasteiger partial charge >= 0.3 is 0 Å². The molecule has 5 rings (SSSR count). The number of benzene rings is 1. The Morgan fingerprint density at radius 2 is 2.09 bits per heavy atom. The lowest BCUT2D eigenvalue weighted by Gasteiger charge is -2.28. The Morgan fingerprint density at radius 3 is 2.82 bits per heavy atom. The number of H-pyrrole nitrogens is 1. The summed E-state index contributed by atoms with van der Waals surface area (Å²) in [7, 11) is -3.82. The number of morpholine rings is 1. The molecule has 180 valence electrons. The lowest BCUT2D eigenvalue weighted by atomic mass is 10.2. The van der Waals surface area contributed by atoms with E-state index in [1.165, 1.54) is 16.6 Å². The van der Waals surface area contributed by atoms with Crippen molar-refractivity contribution in [2.75, 3.05) is 50.2 Å². The Bertz CT molecular complexity index is 1310. The van der Waals surface area contributed by atoms with E-state index in [2.05, 4.69) is 30.8 Å². The number of pyridine rings is 1. The fourth-order valence-corrected chi connectivity index (χ4v) is 7.33. The minimum absolute atomic E-state index is 0.0263. The maximum atomic E-state index is 13.4. The van der Waals surface area contributed by atoms with E-state index >= 15 is 0 Å². The van der Waals surface area contributed by atoms with Crippen LogP contribution in [-0.2, 0) is 14.8 Å². The van der Waals surface area contributed by atoms with Crippen molar-refractivity contribution in [2.45, 2.75) is 17.2 Å². The molecule has 2 aromatic heterocycles. The highest BCUT2D eigenvalue weighted by molar-refractivity contribution is 9.10. The van der Waals surface area contributed by atoms with Crippen molar-refractivity contribution >= 4 is 59.3 Å². The van der Waals surface area contributed by atoms with Crippen LogP contribution >= 0.6 is 27.7 Å². The second-order valence-electron chi connectivity index (χ2n) is 8.21. The Morgan fingerprint density at radius 1 is 1.26 bits per heavy atom. The smallest absolute Gasteiger partial charge is 0.281 e. The average Bonchev–Trinajstić information content (AvgIpc) is 3.47. The standard InChI is InChI=1S/C23H26BrN5O3S2/c1-2-29(34(30,31)21-5-3-4-6-25-21)20-13-17(24)11-16-12-19(27-22(16)20)23-26-14-18(33-23)15-28-7-9-32-10-8-28/h3-6,11-13,18,27H,2,7-10,14-15H2,1H3. The van der Waals surface area contributed by atoms with Crippen molar-refractivity contribution in [3.8, 4) is 0 Å². The van der Waals surface area contributed by atoms with Crippen molar-refractivity contribution in [1.82, 2.24) is 14.9 Å². The summed E-state index contributed by atoms with van der Waals surface area (Å²) in [4.78, 5) is 14.8. The molecule has 2 aliphatic rings. The first-order chi connectivity index (χ1) is 16.5. The van der Waals surface area contributed by atoms with Crippen LogP contribution in [0.15, 0.2) is 57.1 Å². The van der Waals surface area contributed by atoms with E-state index in [0.717, 1.165) is 65.5 Å². The molecule has 4 heterocycles. The number of anilines is 1. The van der Waals surface area contributed by atoms with Crippen LogP contribution in [0.3, 0.4) is 0 Å². The van der Waals surface area contributed by atoms with Crippen LogP contribution in [0, 0.1) is 0 Å². The maximum Gasteiger partial charge on any atom is 0.281 e. The SMILES string of the molecule is CCN(c1cc(Br)cc2cc(C3=NCC(CN4CCOCC4)S3)[nH]c12)S(=O)(=O)c1ccccn1. The van der Waals surface area contributed by atoms with Gasteiger partial charge in [-0.1, -0.05) is 33.8 Å². The van der Waals surface area contributed by atoms with Crippen LogP contribution in [0.25, 0.3) is 10.9 Å². The molecule has 0 saturated carbocycles. The molecule has 0 radical (unpaired) electrons. The third-order valence-corrected chi connectivity index (χ3v) is 9.40. The molecule has 1 aromatic carbocycles. The molecule has 0 aliphatic carbocycles. The number of nitrogens with zero attached hydrogens (tertiary/aromatic N) is 4. The molecule has 3 aromatic rings. The minimum Gasteiger partial charge on any atom is -0.379 e. The molecule has 34 heavy (non-hydrogen) atoms. The first kappa shape index (κ1) is 23.8. The first-order valence-corrected chi connectivity index (χ1v) is 14.3. The van der Waals surface area contributed by atoms with E-state index in [4.69, 9.17) is 9.73 Å². The van der Waals surface area contributed by atoms with Crippen LogP contribution < -0.4 is 4.31 Å². The van der Waals surface area contributed by atoms with Gasteiger partial charge in [-0.3, -0.25) is 14.2 Å². The molecule has 8 nitrogen and oxygen atoms in total. The van der Waals surface area contributed by atoms with E-state index in [1.807, 2.05) is 25.1 Å². The number of halogens is 1. The van der Waals surface area contributed by atoms with Crippen molar-refractivity contribution in [2.24, 2.45) is 4.99 Å². The molecule has 1 atom stereocenters. The maximum absolute atomic E-state index is 13.4. The molecule has 1 saturated heterocycles. The second-order valence-corrected chi connectivity index (χ2v) is 12.2. The lowest BCUT2D eigenvalue weighted by molar-refractivity contribution is 0.0385. The Hall–Kier alpha value is -1.92. The monoisotopic (exact) mass is 563 g/mol. The quantitative estimate of drug-likeness (QED) is 0.471. The van der Waals surface area contributed by atoms with Crippen molar-refractivity contribution in [3.63, 3.8) is 0 Å². The fraction of sp³-hybridized carbons (Fsp3) is 0.391. The number of fused-ring (bicyclic) bond motifs is 1. The van der Waals surface area contributed by atoms with E-state index in [9.17, 15) is 8.42 Å². The van der Waals surface area contributed by atoms with Crippen LogP contribution in [0.1, 0.15) is 12.6 Å². The zero-order chi connectivity index (χ0) is 23.7. The summed E-state index contributed by atoms with van der Waals surface area (Å²) in [5.41, 5.74) is 2.26. The van der Waals surface area contributed by atoms with E-state index in [-0.39, 0.29) is 11.6 Å². The van der Waals surface area contributed by atoms with Crippen molar-refractivity contribution < 1.29 is 13.2 Å². The number of aromatic nitrogens is 2. The van der Waals surface area contributed by atoms with Gasteiger partial charge in [0, 0.05) is 47.5 Å². The van der Waals surface area contributed by atoms with Gasteiger partial charge in [0.15, 0.2) is 5.03 Å². The van der Waals surface area contributed by atoms with Crippen LogP contribution in [-0.4, -0.2) is 79.5 Å². The van der Waals surface area contributed by atoms with Crippen LogP contribution in [0.2, 0.25) is 0 Å². The summed E-state index contributed by atoms with van der Waals surface area (Å²) in [6, 6.07) is 10.8. The fourth-order valence-electron chi connectivity index (χ4n) is 4.32. The molecular formula is C23H26BrN5O3S2. The van der Waals surface area contributed by atoms with Gasteiger partial charge in [0.25, 0.3) is 10.0 Å². The van der Waals surface area contributed by atoms with Crippen molar-refractivity contribution in [1.29, 1.82) is 0 Å². The number of hydrogen-bond donors (Lipinski definition) is 1. The van der Waals surface area contributed by atoms with E-state index < -0.39 is 10.0 Å². The molecular weight excluding hydrogens is 538 g/mol. The predicted octanol–water partition coefficient (Wildman–Crippen LogP) is 3.73. The normalized spacial score (nSPS) is 19.5. The number of sulfonamides is 1. The summed E-state index contributed by atoms with van der Waals surface area (Å²) in [6.45, 7) is 7.38. The number of nitrogens with one attached hydrogen (secondary N) is 1. The Balaban J connectivity index is 1.44. The highest BCUT2D eigenvalue weighted by Crippen LogP contribution is 2.36. The topological polar surface area (TPSA) is 90.9 Å². The number of hydrogen-bond acceptors (Lipinski definition) is 7. The third-order valence-electron chi connectivity index (χ3n) is 5.93. The molecule has 2 aliphatic heterocycles. The van der Waals surface area contributed by atoms with Gasteiger partial charge < -0.3 is 9.72 Å². The number of thioether (sulfide) groups is 1.